The Labute approximate surface area is 162 Å². The average Bonchev–Trinajstić information content (AvgIpc) is 3.04. The number of hydrogen-bond donors (Lipinski definition) is 1. The summed E-state index contributed by atoms with van der Waals surface area (Å²) in [5.41, 5.74) is -0.678. The number of nitrogens with one attached hydrogen (secondary N) is 1. The molecule has 1 aromatic heterocycles. The average molecular weight is 393 g/mol. The van der Waals surface area contributed by atoms with Crippen LogP contribution in [-0.4, -0.2) is 37.4 Å². The Balaban J connectivity index is 1.92. The Hall–Kier alpha value is -2.74. The van der Waals surface area contributed by atoms with Crippen molar-refractivity contribution < 1.29 is 28.5 Å². The lowest BCUT2D eigenvalue weighted by Crippen LogP contribution is -2.47. The van der Waals surface area contributed by atoms with Crippen LogP contribution in [0.15, 0.2) is 41.8 Å². The Morgan fingerprint density at radius 3 is 2.48 bits per heavy atom. The molecule has 146 valence electrons. The van der Waals surface area contributed by atoms with E-state index in [4.69, 9.17) is 18.9 Å². The topological polar surface area (TPSA) is 83.1 Å². The van der Waals surface area contributed by atoms with Crippen molar-refractivity contribution in [3.63, 3.8) is 0 Å². The van der Waals surface area contributed by atoms with Gasteiger partial charge in [0.2, 0.25) is 0 Å². The Kier molecular flexibility index (Phi) is 7.06. The van der Waals surface area contributed by atoms with E-state index in [0.717, 1.165) is 0 Å². The van der Waals surface area contributed by atoms with Crippen molar-refractivity contribution in [1.82, 2.24) is 5.32 Å². The van der Waals surface area contributed by atoms with E-state index in [-0.39, 0.29) is 6.61 Å². The number of hydrogen-bond acceptors (Lipinski definition) is 7. The fraction of sp³-hybridized carbons (Fsp3) is 0.368. The number of ether oxygens (including phenoxy) is 4. The SMILES string of the molecule is COC(=O)[C@@H](COc1cc(Oc2ccccc2)cs1)NC(=O)OC(C)(C)C. The molecule has 0 radical (unpaired) electrons. The second kappa shape index (κ2) is 9.27. The first-order chi connectivity index (χ1) is 12.8. The molecular weight excluding hydrogens is 370 g/mol. The van der Waals surface area contributed by atoms with Gasteiger partial charge in [-0.15, -0.1) is 11.3 Å². The van der Waals surface area contributed by atoms with Crippen molar-refractivity contribution in [2.24, 2.45) is 0 Å². The molecule has 0 aliphatic rings. The Morgan fingerprint density at radius 2 is 1.85 bits per heavy atom. The van der Waals surface area contributed by atoms with Crippen molar-refractivity contribution in [3.05, 3.63) is 41.8 Å². The first-order valence-corrected chi connectivity index (χ1v) is 9.16. The van der Waals surface area contributed by atoms with E-state index in [0.29, 0.717) is 16.6 Å². The van der Waals surface area contributed by atoms with E-state index in [1.165, 1.54) is 18.4 Å². The lowest BCUT2D eigenvalue weighted by atomic mass is 10.2. The van der Waals surface area contributed by atoms with Gasteiger partial charge in [-0.1, -0.05) is 18.2 Å². The smallest absolute Gasteiger partial charge is 0.408 e. The fourth-order valence-electron chi connectivity index (χ4n) is 1.98. The van der Waals surface area contributed by atoms with Crippen LogP contribution in [0.1, 0.15) is 20.8 Å². The number of benzene rings is 1. The molecule has 1 aromatic carbocycles. The molecule has 8 heteroatoms. The van der Waals surface area contributed by atoms with Crippen LogP contribution < -0.4 is 14.8 Å². The van der Waals surface area contributed by atoms with Crippen molar-refractivity contribution in [3.8, 4) is 16.6 Å². The fourth-order valence-corrected chi connectivity index (χ4v) is 2.65. The molecule has 1 N–H and O–H groups in total. The summed E-state index contributed by atoms with van der Waals surface area (Å²) < 4.78 is 21.2. The van der Waals surface area contributed by atoms with E-state index in [2.05, 4.69) is 5.32 Å². The van der Waals surface area contributed by atoms with Gasteiger partial charge in [-0.05, 0) is 32.9 Å². The third-order valence-electron chi connectivity index (χ3n) is 3.10. The standard InChI is InChI=1S/C19H23NO6S/c1-19(2,3)26-18(22)20-15(17(21)23-4)11-24-16-10-14(12-27-16)25-13-8-6-5-7-9-13/h5-10,12,15H,11H2,1-4H3,(H,20,22)/t15-/m1/s1. The van der Waals surface area contributed by atoms with Crippen molar-refractivity contribution >= 4 is 23.4 Å². The number of thiophene rings is 1. The second-order valence-corrected chi connectivity index (χ2v) is 7.42. The summed E-state index contributed by atoms with van der Waals surface area (Å²) in [6.07, 6.45) is -0.722. The summed E-state index contributed by atoms with van der Waals surface area (Å²) >= 11 is 1.32. The van der Waals surface area contributed by atoms with Crippen LogP contribution in [0, 0.1) is 0 Å². The van der Waals surface area contributed by atoms with E-state index < -0.39 is 23.7 Å². The van der Waals surface area contributed by atoms with E-state index in [9.17, 15) is 9.59 Å². The molecule has 2 aromatic rings. The van der Waals surface area contributed by atoms with E-state index in [1.807, 2.05) is 30.3 Å². The van der Waals surface area contributed by atoms with Crippen LogP contribution in [-0.2, 0) is 14.3 Å². The van der Waals surface area contributed by atoms with Gasteiger partial charge in [0.05, 0.1) is 7.11 Å². The second-order valence-electron chi connectivity index (χ2n) is 6.55. The molecule has 0 unspecified atom stereocenters. The molecule has 1 heterocycles. The van der Waals surface area contributed by atoms with Crippen LogP contribution >= 0.6 is 11.3 Å². The highest BCUT2D eigenvalue weighted by molar-refractivity contribution is 7.12. The Morgan fingerprint density at radius 1 is 1.15 bits per heavy atom. The normalized spacial score (nSPS) is 12.0. The van der Waals surface area contributed by atoms with Crippen LogP contribution in [0.3, 0.4) is 0 Å². The molecular formula is C19H23NO6S. The zero-order valence-corrected chi connectivity index (χ0v) is 16.5. The Bertz CT molecular complexity index is 753. The number of para-hydroxylation sites is 1. The molecule has 0 bridgehead atoms. The minimum atomic E-state index is -0.995. The van der Waals surface area contributed by atoms with Crippen molar-refractivity contribution in [2.45, 2.75) is 32.4 Å². The molecule has 0 fully saturated rings. The zero-order chi connectivity index (χ0) is 19.9. The summed E-state index contributed by atoms with van der Waals surface area (Å²) in [7, 11) is 1.24. The molecule has 7 nitrogen and oxygen atoms in total. The maximum Gasteiger partial charge on any atom is 0.408 e. The number of alkyl carbamates (subject to hydrolysis) is 1. The highest BCUT2D eigenvalue weighted by Gasteiger charge is 2.26. The molecule has 0 saturated heterocycles. The number of rotatable bonds is 7. The first-order valence-electron chi connectivity index (χ1n) is 8.28. The lowest BCUT2D eigenvalue weighted by molar-refractivity contribution is -0.143. The molecule has 27 heavy (non-hydrogen) atoms. The predicted molar refractivity (Wildman–Crippen MR) is 102 cm³/mol. The highest BCUT2D eigenvalue weighted by atomic mass is 32.1. The van der Waals surface area contributed by atoms with Crippen LogP contribution in [0.4, 0.5) is 4.79 Å². The number of esters is 1. The maximum atomic E-state index is 11.9. The summed E-state index contributed by atoms with van der Waals surface area (Å²) in [6, 6.07) is 10.1. The molecule has 0 aliphatic carbocycles. The number of carbonyl (C=O) groups excluding carboxylic acids is 2. The third-order valence-corrected chi connectivity index (χ3v) is 3.92. The van der Waals surface area contributed by atoms with E-state index >= 15 is 0 Å². The summed E-state index contributed by atoms with van der Waals surface area (Å²) in [5.74, 6) is 0.704. The van der Waals surface area contributed by atoms with Crippen molar-refractivity contribution in [1.29, 1.82) is 0 Å². The maximum absolute atomic E-state index is 11.9. The van der Waals surface area contributed by atoms with Crippen LogP contribution in [0.2, 0.25) is 0 Å². The minimum Gasteiger partial charge on any atom is -0.481 e. The van der Waals surface area contributed by atoms with Gasteiger partial charge in [0, 0.05) is 11.4 Å². The monoisotopic (exact) mass is 393 g/mol. The van der Waals surface area contributed by atoms with E-state index in [1.54, 1.807) is 32.2 Å². The van der Waals surface area contributed by atoms with Gasteiger partial charge in [0.1, 0.15) is 23.7 Å². The third kappa shape index (κ3) is 7.18. The number of carbonyl (C=O) groups is 2. The summed E-state index contributed by atoms with van der Waals surface area (Å²) in [4.78, 5) is 23.8. The first kappa shape index (κ1) is 20.6. The van der Waals surface area contributed by atoms with Crippen LogP contribution in [0.5, 0.6) is 16.6 Å². The molecule has 0 spiro atoms. The van der Waals surface area contributed by atoms with Crippen molar-refractivity contribution in [2.75, 3.05) is 13.7 Å². The lowest BCUT2D eigenvalue weighted by Gasteiger charge is -2.22. The highest BCUT2D eigenvalue weighted by Crippen LogP contribution is 2.31. The summed E-state index contributed by atoms with van der Waals surface area (Å²) in [5, 5.41) is 4.78. The molecule has 0 aliphatic heterocycles. The van der Waals surface area contributed by atoms with Gasteiger partial charge in [0.15, 0.2) is 11.1 Å². The van der Waals surface area contributed by atoms with Gasteiger partial charge in [-0.2, -0.15) is 0 Å². The molecule has 2 rings (SSSR count). The van der Waals surface area contributed by atoms with Gasteiger partial charge in [0.25, 0.3) is 0 Å². The zero-order valence-electron chi connectivity index (χ0n) is 15.7. The largest absolute Gasteiger partial charge is 0.481 e. The number of amides is 1. The minimum absolute atomic E-state index is 0.1000. The van der Waals surface area contributed by atoms with Gasteiger partial charge < -0.3 is 24.3 Å². The predicted octanol–water partition coefficient (Wildman–Crippen LogP) is 3.99. The molecule has 1 amide bonds. The van der Waals surface area contributed by atoms with Gasteiger partial charge in [-0.25, -0.2) is 9.59 Å². The van der Waals surface area contributed by atoms with Crippen LogP contribution in [0.25, 0.3) is 0 Å². The molecule has 1 atom stereocenters. The quantitative estimate of drug-likeness (QED) is 0.716. The number of methoxy groups -OCH3 is 1. The summed E-state index contributed by atoms with van der Waals surface area (Å²) in [6.45, 7) is 5.10. The van der Waals surface area contributed by atoms with Gasteiger partial charge in [-0.3, -0.25) is 0 Å². The van der Waals surface area contributed by atoms with Gasteiger partial charge >= 0.3 is 12.1 Å². The molecule has 0 saturated carbocycles.